The van der Waals surface area contributed by atoms with Crippen molar-refractivity contribution in [3.63, 3.8) is 0 Å². The van der Waals surface area contributed by atoms with Crippen molar-refractivity contribution < 1.29 is 4.79 Å². The van der Waals surface area contributed by atoms with Crippen LogP contribution in [0.1, 0.15) is 0 Å². The van der Waals surface area contributed by atoms with Gasteiger partial charge in [-0.15, -0.1) is 0 Å². The number of rotatable bonds is 1. The standard InChI is InChI=1S/C7H4Cl3NO/c8-4-1-2-6(5(9)3-4)11-7(10)12/h1-3H,(H,11,12). The Balaban J connectivity index is 2.93. The molecule has 64 valence electrons. The van der Waals surface area contributed by atoms with Crippen molar-refractivity contribution in [2.24, 2.45) is 0 Å². The van der Waals surface area contributed by atoms with Gasteiger partial charge in [-0.25, -0.2) is 0 Å². The molecule has 1 aromatic rings. The van der Waals surface area contributed by atoms with Gasteiger partial charge in [0.2, 0.25) is 0 Å². The molecule has 0 aliphatic carbocycles. The van der Waals surface area contributed by atoms with Crippen LogP contribution in [-0.4, -0.2) is 5.37 Å². The van der Waals surface area contributed by atoms with E-state index in [0.29, 0.717) is 15.7 Å². The molecule has 0 saturated heterocycles. The van der Waals surface area contributed by atoms with Crippen molar-refractivity contribution in [1.29, 1.82) is 0 Å². The fraction of sp³-hybridized carbons (Fsp3) is 0. The van der Waals surface area contributed by atoms with E-state index < -0.39 is 5.37 Å². The van der Waals surface area contributed by atoms with Crippen LogP contribution in [0.25, 0.3) is 0 Å². The van der Waals surface area contributed by atoms with Gasteiger partial charge in [-0.1, -0.05) is 23.2 Å². The van der Waals surface area contributed by atoms with Crippen molar-refractivity contribution in [2.75, 3.05) is 5.32 Å². The minimum atomic E-state index is -0.681. The summed E-state index contributed by atoms with van der Waals surface area (Å²) in [6, 6.07) is 4.70. The smallest absolute Gasteiger partial charge is 0.311 e. The zero-order valence-electron chi connectivity index (χ0n) is 5.77. The number of nitrogens with one attached hydrogen (secondary N) is 1. The number of hydrogen-bond donors (Lipinski definition) is 1. The highest BCUT2D eigenvalue weighted by molar-refractivity contribution is 6.66. The molecule has 1 amide bonds. The summed E-state index contributed by atoms with van der Waals surface area (Å²) in [4.78, 5) is 10.4. The van der Waals surface area contributed by atoms with E-state index in [4.69, 9.17) is 34.8 Å². The average molecular weight is 224 g/mol. The predicted molar refractivity (Wildman–Crippen MR) is 51.3 cm³/mol. The Kier molecular flexibility index (Phi) is 3.20. The summed E-state index contributed by atoms with van der Waals surface area (Å²) in [5.41, 5.74) is 0.445. The maximum absolute atomic E-state index is 10.4. The van der Waals surface area contributed by atoms with Crippen LogP contribution in [0.5, 0.6) is 0 Å². The second-order valence-corrected chi connectivity index (χ2v) is 3.21. The van der Waals surface area contributed by atoms with Crippen LogP contribution in [0.4, 0.5) is 10.5 Å². The topological polar surface area (TPSA) is 29.1 Å². The lowest BCUT2D eigenvalue weighted by atomic mass is 10.3. The highest BCUT2D eigenvalue weighted by Gasteiger charge is 2.02. The maximum Gasteiger partial charge on any atom is 0.318 e. The van der Waals surface area contributed by atoms with Crippen LogP contribution in [-0.2, 0) is 0 Å². The maximum atomic E-state index is 10.4. The van der Waals surface area contributed by atoms with E-state index in [9.17, 15) is 4.79 Å². The normalized spacial score (nSPS) is 9.58. The van der Waals surface area contributed by atoms with Gasteiger partial charge in [0.15, 0.2) is 0 Å². The van der Waals surface area contributed by atoms with Gasteiger partial charge < -0.3 is 5.32 Å². The van der Waals surface area contributed by atoms with Crippen LogP contribution in [0.15, 0.2) is 18.2 Å². The number of anilines is 1. The van der Waals surface area contributed by atoms with E-state index in [1.54, 1.807) is 12.1 Å². The number of amides is 1. The number of carbonyl (C=O) groups is 1. The van der Waals surface area contributed by atoms with Crippen molar-refractivity contribution >= 4 is 45.9 Å². The first kappa shape index (κ1) is 9.65. The molecule has 1 aromatic carbocycles. The molecule has 12 heavy (non-hydrogen) atoms. The third kappa shape index (κ3) is 2.55. The van der Waals surface area contributed by atoms with Crippen molar-refractivity contribution in [2.45, 2.75) is 0 Å². The first-order valence-corrected chi connectivity index (χ1v) is 4.14. The quantitative estimate of drug-likeness (QED) is 0.571. The summed E-state index contributed by atoms with van der Waals surface area (Å²) in [6.45, 7) is 0. The predicted octanol–water partition coefficient (Wildman–Crippen LogP) is 3.76. The fourth-order valence-corrected chi connectivity index (χ4v) is 1.25. The minimum Gasteiger partial charge on any atom is -0.311 e. The Hall–Kier alpha value is -0.440. The summed E-state index contributed by atoms with van der Waals surface area (Å²) in [5, 5.41) is 2.52. The lowest BCUT2D eigenvalue weighted by Gasteiger charge is -2.02. The molecule has 0 heterocycles. The Labute approximate surface area is 84.4 Å². The number of hydrogen-bond acceptors (Lipinski definition) is 1. The SMILES string of the molecule is O=C(Cl)Nc1ccc(Cl)cc1Cl. The number of benzene rings is 1. The highest BCUT2D eigenvalue weighted by Crippen LogP contribution is 2.25. The summed E-state index contributed by atoms with van der Waals surface area (Å²) in [5.74, 6) is 0. The first-order chi connectivity index (χ1) is 5.59. The molecule has 0 bridgehead atoms. The van der Waals surface area contributed by atoms with E-state index in [1.165, 1.54) is 6.07 Å². The monoisotopic (exact) mass is 223 g/mol. The zero-order valence-corrected chi connectivity index (χ0v) is 8.04. The molecule has 1 rings (SSSR count). The fourth-order valence-electron chi connectivity index (χ4n) is 0.697. The van der Waals surface area contributed by atoms with E-state index in [1.807, 2.05) is 0 Å². The van der Waals surface area contributed by atoms with Gasteiger partial charge in [0.25, 0.3) is 0 Å². The van der Waals surface area contributed by atoms with Crippen LogP contribution in [0.2, 0.25) is 10.0 Å². The summed E-state index contributed by atoms with van der Waals surface area (Å²) in [7, 11) is 0. The highest BCUT2D eigenvalue weighted by atomic mass is 35.5. The van der Waals surface area contributed by atoms with Gasteiger partial charge in [-0.05, 0) is 29.8 Å². The van der Waals surface area contributed by atoms with Gasteiger partial charge in [0.1, 0.15) is 0 Å². The van der Waals surface area contributed by atoms with Crippen LogP contribution in [0.3, 0.4) is 0 Å². The molecule has 2 nitrogen and oxygen atoms in total. The zero-order chi connectivity index (χ0) is 9.14. The van der Waals surface area contributed by atoms with Gasteiger partial charge in [-0.3, -0.25) is 4.79 Å². The molecular weight excluding hydrogens is 220 g/mol. The van der Waals surface area contributed by atoms with Crippen molar-refractivity contribution in [1.82, 2.24) is 0 Å². The van der Waals surface area contributed by atoms with Gasteiger partial charge >= 0.3 is 5.37 Å². The summed E-state index contributed by atoms with van der Waals surface area (Å²) >= 11 is 16.4. The molecule has 0 unspecified atom stereocenters. The lowest BCUT2D eigenvalue weighted by molar-refractivity contribution is 0.269. The Bertz CT molecular complexity index is 314. The largest absolute Gasteiger partial charge is 0.318 e. The van der Waals surface area contributed by atoms with E-state index in [-0.39, 0.29) is 0 Å². The molecule has 0 aliphatic rings. The van der Waals surface area contributed by atoms with E-state index >= 15 is 0 Å². The summed E-state index contributed by atoms with van der Waals surface area (Å²) < 4.78 is 0. The Morgan fingerprint density at radius 2 is 2.00 bits per heavy atom. The van der Waals surface area contributed by atoms with Crippen LogP contribution in [0, 0.1) is 0 Å². The van der Waals surface area contributed by atoms with E-state index in [2.05, 4.69) is 5.32 Å². The van der Waals surface area contributed by atoms with Crippen molar-refractivity contribution in [3.05, 3.63) is 28.2 Å². The Morgan fingerprint density at radius 1 is 1.33 bits per heavy atom. The molecule has 0 radical (unpaired) electrons. The van der Waals surface area contributed by atoms with Crippen LogP contribution >= 0.6 is 34.8 Å². The third-order valence-corrected chi connectivity index (χ3v) is 1.81. The van der Waals surface area contributed by atoms with Gasteiger partial charge in [-0.2, -0.15) is 0 Å². The molecule has 0 aliphatic heterocycles. The molecule has 0 fully saturated rings. The second kappa shape index (κ2) is 3.99. The number of carbonyl (C=O) groups excluding carboxylic acids is 1. The second-order valence-electron chi connectivity index (χ2n) is 2.02. The number of halogens is 3. The van der Waals surface area contributed by atoms with Crippen LogP contribution < -0.4 is 5.32 Å². The van der Waals surface area contributed by atoms with E-state index in [0.717, 1.165) is 0 Å². The molecule has 0 atom stereocenters. The average Bonchev–Trinajstić information content (AvgIpc) is 1.94. The van der Waals surface area contributed by atoms with Gasteiger partial charge in [0, 0.05) is 5.02 Å². The van der Waals surface area contributed by atoms with Gasteiger partial charge in [0.05, 0.1) is 10.7 Å². The Morgan fingerprint density at radius 3 is 2.50 bits per heavy atom. The molecule has 0 aromatic heterocycles. The molecule has 0 saturated carbocycles. The first-order valence-electron chi connectivity index (χ1n) is 3.01. The molecule has 0 spiro atoms. The lowest BCUT2D eigenvalue weighted by Crippen LogP contribution is -2.00. The minimum absolute atomic E-state index is 0.358. The van der Waals surface area contributed by atoms with Crippen molar-refractivity contribution in [3.8, 4) is 0 Å². The molecule has 1 N–H and O–H groups in total. The molecular formula is C7H4Cl3NO. The summed E-state index contributed by atoms with van der Waals surface area (Å²) in [6.07, 6.45) is 0. The third-order valence-electron chi connectivity index (χ3n) is 1.16. The molecule has 5 heteroatoms.